The van der Waals surface area contributed by atoms with Crippen LogP contribution in [0.15, 0.2) is 17.0 Å². The van der Waals surface area contributed by atoms with Crippen molar-refractivity contribution in [2.24, 2.45) is 0 Å². The van der Waals surface area contributed by atoms with E-state index in [0.29, 0.717) is 12.1 Å². The molecular formula is C8H5F2NaO4S. The van der Waals surface area contributed by atoms with Crippen LogP contribution in [0.5, 0.6) is 0 Å². The van der Waals surface area contributed by atoms with E-state index in [0.717, 1.165) is 7.11 Å². The molecule has 0 aliphatic carbocycles. The summed E-state index contributed by atoms with van der Waals surface area (Å²) in [6.07, 6.45) is 0. The molecular weight excluding hydrogens is 253 g/mol. The Bertz CT molecular complexity index is 438. The minimum absolute atomic E-state index is 0. The first-order valence-corrected chi connectivity index (χ1v) is 4.71. The van der Waals surface area contributed by atoms with Crippen molar-refractivity contribution in [3.8, 4) is 0 Å². The maximum absolute atomic E-state index is 13.0. The maximum Gasteiger partial charge on any atom is 1.00 e. The molecule has 1 rings (SSSR count). The molecule has 8 heteroatoms. The topological polar surface area (TPSA) is 66.4 Å². The summed E-state index contributed by atoms with van der Waals surface area (Å²) < 4.78 is 51.0. The van der Waals surface area contributed by atoms with Gasteiger partial charge in [0.2, 0.25) is 0 Å². The van der Waals surface area contributed by atoms with Crippen LogP contribution in [0, 0.1) is 11.6 Å². The molecule has 0 amide bonds. The first-order valence-electron chi connectivity index (χ1n) is 3.64. The van der Waals surface area contributed by atoms with Gasteiger partial charge in [0.1, 0.15) is 11.6 Å². The van der Waals surface area contributed by atoms with E-state index >= 15 is 0 Å². The smallest absolute Gasteiger partial charge is 0.768 e. The van der Waals surface area contributed by atoms with E-state index in [9.17, 15) is 22.3 Å². The number of hydrogen-bond acceptors (Lipinski definition) is 4. The van der Waals surface area contributed by atoms with Gasteiger partial charge in [0.15, 0.2) is 0 Å². The van der Waals surface area contributed by atoms with Crippen LogP contribution in [0.2, 0.25) is 0 Å². The molecule has 0 bridgehead atoms. The zero-order valence-electron chi connectivity index (χ0n) is 8.45. The molecule has 0 aromatic heterocycles. The summed E-state index contributed by atoms with van der Waals surface area (Å²) in [6.45, 7) is 0. The van der Waals surface area contributed by atoms with Gasteiger partial charge in [0, 0.05) is 6.07 Å². The van der Waals surface area contributed by atoms with Gasteiger partial charge in [-0.1, -0.05) is 0 Å². The van der Waals surface area contributed by atoms with Crippen LogP contribution in [0.4, 0.5) is 8.78 Å². The number of esters is 1. The summed E-state index contributed by atoms with van der Waals surface area (Å²) in [5.41, 5.74) is -0.627. The number of carbonyl (C=O) groups excluding carboxylic acids is 1. The molecule has 1 aromatic carbocycles. The van der Waals surface area contributed by atoms with Crippen LogP contribution >= 0.6 is 0 Å². The first-order chi connectivity index (χ1) is 6.97. The number of carbonyl (C=O) groups is 1. The SMILES string of the molecule is COC(=O)c1cc(S(=O)[O-])c(F)cc1F.[Na+]. The van der Waals surface area contributed by atoms with Crippen LogP contribution < -0.4 is 29.6 Å². The van der Waals surface area contributed by atoms with E-state index in [4.69, 9.17) is 0 Å². The molecule has 0 aliphatic heterocycles. The summed E-state index contributed by atoms with van der Waals surface area (Å²) in [5.74, 6) is -3.50. The van der Waals surface area contributed by atoms with Gasteiger partial charge in [-0.15, -0.1) is 0 Å². The van der Waals surface area contributed by atoms with Gasteiger partial charge in [-0.25, -0.2) is 13.6 Å². The van der Waals surface area contributed by atoms with Gasteiger partial charge < -0.3 is 9.29 Å². The third-order valence-electron chi connectivity index (χ3n) is 1.61. The van der Waals surface area contributed by atoms with Gasteiger partial charge in [-0.2, -0.15) is 0 Å². The van der Waals surface area contributed by atoms with Crippen molar-refractivity contribution >= 4 is 17.0 Å². The van der Waals surface area contributed by atoms with Crippen LogP contribution in [-0.4, -0.2) is 21.8 Å². The Morgan fingerprint density at radius 1 is 1.38 bits per heavy atom. The molecule has 0 N–H and O–H groups in total. The second-order valence-corrected chi connectivity index (χ2v) is 3.40. The zero-order valence-corrected chi connectivity index (χ0v) is 11.3. The van der Waals surface area contributed by atoms with Gasteiger partial charge in [-0.05, 0) is 17.1 Å². The van der Waals surface area contributed by atoms with Crippen molar-refractivity contribution in [2.45, 2.75) is 4.90 Å². The first kappa shape index (κ1) is 15.7. The zero-order chi connectivity index (χ0) is 11.6. The molecule has 0 saturated carbocycles. The van der Waals surface area contributed by atoms with Gasteiger partial charge >= 0.3 is 35.5 Å². The molecule has 0 fully saturated rings. The molecule has 1 aromatic rings. The molecule has 0 heterocycles. The molecule has 0 radical (unpaired) electrons. The third-order valence-corrected chi connectivity index (χ3v) is 2.28. The minimum Gasteiger partial charge on any atom is -0.768 e. The van der Waals surface area contributed by atoms with E-state index < -0.39 is 39.1 Å². The monoisotopic (exact) mass is 258 g/mol. The largest absolute Gasteiger partial charge is 1.00 e. The average Bonchev–Trinajstić information content (AvgIpc) is 2.16. The Balaban J connectivity index is 0.00000225. The van der Waals surface area contributed by atoms with Crippen molar-refractivity contribution in [3.63, 3.8) is 0 Å². The fraction of sp³-hybridized carbons (Fsp3) is 0.125. The fourth-order valence-electron chi connectivity index (χ4n) is 0.923. The quantitative estimate of drug-likeness (QED) is 0.349. The molecule has 0 saturated heterocycles. The van der Waals surface area contributed by atoms with Crippen LogP contribution in [0.3, 0.4) is 0 Å². The average molecular weight is 258 g/mol. The number of halogens is 2. The second kappa shape index (κ2) is 6.41. The summed E-state index contributed by atoms with van der Waals surface area (Å²) in [5, 5.41) is 0. The van der Waals surface area contributed by atoms with E-state index in [1.165, 1.54) is 0 Å². The van der Waals surface area contributed by atoms with Crippen molar-refractivity contribution in [1.29, 1.82) is 0 Å². The third kappa shape index (κ3) is 3.33. The van der Waals surface area contributed by atoms with Crippen molar-refractivity contribution in [1.82, 2.24) is 0 Å². The number of ether oxygens (including phenoxy) is 1. The standard InChI is InChI=1S/C8H6F2O4S.Na/c1-14-8(11)4-2-7(15(12)13)6(10)3-5(4)9;/h2-3H,1H3,(H,12,13);/q;+1/p-1. The molecule has 1 unspecified atom stereocenters. The molecule has 1 atom stereocenters. The normalized spacial score (nSPS) is 11.5. The van der Waals surface area contributed by atoms with E-state index in [1.54, 1.807) is 0 Å². The summed E-state index contributed by atoms with van der Waals surface area (Å²) in [7, 11) is 0.999. The van der Waals surface area contributed by atoms with E-state index in [1.807, 2.05) is 0 Å². The van der Waals surface area contributed by atoms with Crippen molar-refractivity contribution in [3.05, 3.63) is 29.3 Å². The van der Waals surface area contributed by atoms with E-state index in [2.05, 4.69) is 4.74 Å². The Hall–Kier alpha value is -0.340. The second-order valence-electron chi connectivity index (χ2n) is 2.49. The van der Waals surface area contributed by atoms with Crippen LogP contribution in [-0.2, 0) is 15.8 Å². The number of hydrogen-bond donors (Lipinski definition) is 0. The van der Waals surface area contributed by atoms with Crippen molar-refractivity contribution < 1.29 is 56.6 Å². The Kier molecular flexibility index (Phi) is 6.27. The van der Waals surface area contributed by atoms with E-state index in [-0.39, 0.29) is 29.6 Å². The molecule has 0 spiro atoms. The van der Waals surface area contributed by atoms with Gasteiger partial charge in [0.25, 0.3) is 0 Å². The number of methoxy groups -OCH3 is 1. The predicted molar refractivity (Wildman–Crippen MR) is 44.9 cm³/mol. The summed E-state index contributed by atoms with van der Waals surface area (Å²) in [4.78, 5) is 10.2. The molecule has 0 aliphatic rings. The Morgan fingerprint density at radius 2 is 1.94 bits per heavy atom. The fourth-order valence-corrected chi connectivity index (χ4v) is 1.36. The maximum atomic E-state index is 13.0. The van der Waals surface area contributed by atoms with Crippen LogP contribution in [0.25, 0.3) is 0 Å². The number of benzene rings is 1. The molecule has 4 nitrogen and oxygen atoms in total. The Morgan fingerprint density at radius 3 is 2.38 bits per heavy atom. The Labute approximate surface area is 115 Å². The minimum atomic E-state index is -2.88. The van der Waals surface area contributed by atoms with Crippen molar-refractivity contribution in [2.75, 3.05) is 7.11 Å². The van der Waals surface area contributed by atoms with Crippen LogP contribution in [0.1, 0.15) is 10.4 Å². The molecule has 16 heavy (non-hydrogen) atoms. The number of rotatable bonds is 2. The van der Waals surface area contributed by atoms with Gasteiger partial charge in [0.05, 0.1) is 17.6 Å². The summed E-state index contributed by atoms with van der Waals surface area (Å²) in [6, 6.07) is 0.900. The predicted octanol–water partition coefficient (Wildman–Crippen LogP) is -2.01. The summed E-state index contributed by atoms with van der Waals surface area (Å²) >= 11 is -2.88. The molecule has 82 valence electrons. The van der Waals surface area contributed by atoms with Gasteiger partial charge in [-0.3, -0.25) is 4.21 Å².